The molecule has 3 unspecified atom stereocenters. The van der Waals surface area contributed by atoms with Crippen molar-refractivity contribution in [1.29, 1.82) is 0 Å². The number of imidazole rings is 2. The van der Waals surface area contributed by atoms with E-state index in [-0.39, 0.29) is 40.7 Å². The molecular weight excluding hydrogens is 1080 g/mol. The van der Waals surface area contributed by atoms with Gasteiger partial charge in [-0.25, -0.2) is 51.1 Å². The van der Waals surface area contributed by atoms with Gasteiger partial charge in [-0.2, -0.15) is 8.62 Å². The number of methoxy groups -OCH3 is 2. The number of anilines is 2. The average Bonchev–Trinajstić information content (AvgIpc) is 4.10. The van der Waals surface area contributed by atoms with Gasteiger partial charge in [-0.15, -0.1) is 0 Å². The van der Waals surface area contributed by atoms with Gasteiger partial charge < -0.3 is 65.2 Å². The SMILES string of the molecule is COC[C@H]1[C@@H](O)[C@H]([n+]2cn(C)c3c(=O)[nH]c(N)nc32)O[C@@H]1COP(=O)(O)OP(=O)(O)OP(=O)(O)OC[C@H]1O[C@@H](n2cnc3c(N)ncnc32)[C@H](OC)[C@@H]1CS(=O)(=O)NC[C@H]1O[C@@H](n2ccc(=O)[nH]c2=O)[C@H](O)[C@@H]1O. The van der Waals surface area contributed by atoms with E-state index < -0.39 is 149 Å². The Morgan fingerprint density at radius 3 is 2.15 bits per heavy atom. The second-order valence-electron chi connectivity index (χ2n) is 16.8. The van der Waals surface area contributed by atoms with Gasteiger partial charge in [0.1, 0.15) is 42.4 Å². The van der Waals surface area contributed by atoms with Crippen LogP contribution in [0.25, 0.3) is 22.3 Å². The van der Waals surface area contributed by atoms with Crippen molar-refractivity contribution in [3.63, 3.8) is 0 Å². The summed E-state index contributed by atoms with van der Waals surface area (Å²) < 4.78 is 121. The first-order chi connectivity index (χ1) is 34.7. The molecule has 0 radical (unpaired) electrons. The minimum atomic E-state index is -6.15. The summed E-state index contributed by atoms with van der Waals surface area (Å²) in [6, 6.07) is 0.949. The quantitative estimate of drug-likeness (QED) is 0.0242. The maximum Gasteiger partial charge on any atom is 0.490 e. The summed E-state index contributed by atoms with van der Waals surface area (Å²) in [5, 5.41) is 32.6. The number of ether oxygens (including phenoxy) is 5. The zero-order valence-corrected chi connectivity index (χ0v) is 42.0. The lowest BCUT2D eigenvalue weighted by molar-refractivity contribution is -0.745. The third-order valence-electron chi connectivity index (χ3n) is 12.0. The molecule has 0 bridgehead atoms. The van der Waals surface area contributed by atoms with Crippen molar-refractivity contribution in [2.45, 2.75) is 61.4 Å². The Balaban J connectivity index is 0.940. The number of aromatic amines is 2. The molecule has 8 heterocycles. The average molecular weight is 1130 g/mol. The number of nitrogens with zero attached hydrogens (tertiary/aromatic N) is 8. The molecule has 0 amide bonds. The number of phosphoric ester groups is 2. The summed E-state index contributed by atoms with van der Waals surface area (Å²) in [6.07, 6.45) is -10.4. The van der Waals surface area contributed by atoms with Crippen LogP contribution in [-0.4, -0.2) is 171 Å². The first-order valence-electron chi connectivity index (χ1n) is 21.4. The fourth-order valence-electron chi connectivity index (χ4n) is 8.69. The zero-order chi connectivity index (χ0) is 53.8. The number of phosphoric acid groups is 3. The number of hydrogen-bond acceptors (Lipinski definition) is 26. The monoisotopic (exact) mass is 1130 g/mol. The summed E-state index contributed by atoms with van der Waals surface area (Å²) in [5.41, 5.74) is 9.47. The Kier molecular flexibility index (Phi) is 16.0. The molecule has 8 rings (SSSR count). The van der Waals surface area contributed by atoms with Gasteiger partial charge in [-0.05, 0) is 0 Å². The smallest absolute Gasteiger partial charge is 0.387 e. The number of aliphatic hydroxyl groups is 3. The third kappa shape index (κ3) is 11.6. The van der Waals surface area contributed by atoms with Crippen molar-refractivity contribution < 1.29 is 98.0 Å². The number of nitrogens with one attached hydrogen (secondary N) is 3. The Morgan fingerprint density at radius 2 is 1.50 bits per heavy atom. The molecule has 3 aliphatic rings. The molecule has 0 aliphatic carbocycles. The molecule has 13 N–H and O–H groups in total. The minimum Gasteiger partial charge on any atom is -0.387 e. The standard InChI is InChI=1S/C34H48N13O23P3S/c1-44-13-47(28-21(44)29(52)43-33(36)42-28)30-22(49)14(7-62-2)17(67-30)8-64-71(54,55)69-73(58,59)70-72(56,57)65-9-18-15(25(63-3)32(68-18)46-12-39-20-26(35)37-11-38-27(20)46)10-74(60,61)40-6-16-23(50)24(51)31(66-16)45-5-4-19(48)41-34(45)53/h4-5,11-18,22-25,30-32,40,49-51H,6-10H2,1-3H3,(H8-,35,36,37,38,41,42,43,48,52,53,54,55,56,57,58,59)/p+1/t14-,15-,16-,17-,18-,22-,23-,24-,25-,30-,31-,32-/m1/s1. The number of hydrogen-bond donors (Lipinski definition) is 11. The highest BCUT2D eigenvalue weighted by atomic mass is 32.2. The maximum absolute atomic E-state index is 13.8. The van der Waals surface area contributed by atoms with Crippen molar-refractivity contribution in [3.8, 4) is 0 Å². The second-order valence-corrected chi connectivity index (χ2v) is 23.3. The lowest BCUT2D eigenvalue weighted by atomic mass is 9.99. The molecule has 0 aromatic carbocycles. The first kappa shape index (κ1) is 55.4. The normalized spacial score (nSPS) is 30.0. The molecule has 40 heteroatoms. The van der Waals surface area contributed by atoms with E-state index in [0.29, 0.717) is 0 Å². The predicted octanol–water partition coefficient (Wildman–Crippen LogP) is -4.94. The van der Waals surface area contributed by atoms with Gasteiger partial charge in [0.05, 0.1) is 51.2 Å². The second kappa shape index (κ2) is 21.3. The van der Waals surface area contributed by atoms with Crippen molar-refractivity contribution in [1.82, 2.24) is 48.3 Å². The van der Waals surface area contributed by atoms with Crippen LogP contribution in [0.1, 0.15) is 18.7 Å². The number of aryl methyl sites for hydroxylation is 1. The van der Waals surface area contributed by atoms with Crippen LogP contribution in [0.4, 0.5) is 11.8 Å². The van der Waals surface area contributed by atoms with Crippen LogP contribution in [0, 0.1) is 11.8 Å². The molecule has 408 valence electrons. The maximum atomic E-state index is 13.8. The zero-order valence-electron chi connectivity index (χ0n) is 38.5. The van der Waals surface area contributed by atoms with Crippen molar-refractivity contribution in [2.75, 3.05) is 57.8 Å². The van der Waals surface area contributed by atoms with Crippen molar-refractivity contribution in [2.24, 2.45) is 18.9 Å². The Hall–Kier alpha value is -4.82. The van der Waals surface area contributed by atoms with E-state index in [4.69, 9.17) is 44.2 Å². The highest BCUT2D eigenvalue weighted by Gasteiger charge is 2.52. The van der Waals surface area contributed by atoms with E-state index in [2.05, 4.69) is 38.3 Å². The highest BCUT2D eigenvalue weighted by Crippen LogP contribution is 2.68. The first-order valence-corrected chi connectivity index (χ1v) is 27.6. The van der Waals surface area contributed by atoms with Crippen LogP contribution < -0.4 is 37.6 Å². The molecular formula is C34H49N13O23P3S+. The van der Waals surface area contributed by atoms with Crippen LogP contribution in [0.3, 0.4) is 0 Å². The van der Waals surface area contributed by atoms with E-state index >= 15 is 0 Å². The van der Waals surface area contributed by atoms with Crippen molar-refractivity contribution in [3.05, 3.63) is 62.4 Å². The number of sulfonamides is 1. The van der Waals surface area contributed by atoms with Crippen LogP contribution in [-0.2, 0) is 72.1 Å². The van der Waals surface area contributed by atoms with E-state index in [0.717, 1.165) is 30.3 Å². The number of nitrogen functional groups attached to an aromatic ring is 2. The summed E-state index contributed by atoms with van der Waals surface area (Å²) in [6.45, 7) is -3.04. The molecule has 0 spiro atoms. The van der Waals surface area contributed by atoms with Gasteiger partial charge in [-0.3, -0.25) is 42.3 Å². The van der Waals surface area contributed by atoms with E-state index in [1.165, 1.54) is 40.5 Å². The summed E-state index contributed by atoms with van der Waals surface area (Å²) in [7, 11) is -18.5. The Morgan fingerprint density at radius 1 is 0.838 bits per heavy atom. The van der Waals surface area contributed by atoms with E-state index in [1.807, 2.05) is 4.98 Å². The molecule has 15 atom stereocenters. The predicted molar refractivity (Wildman–Crippen MR) is 242 cm³/mol. The molecule has 5 aromatic heterocycles. The number of aromatic nitrogens is 10. The number of nitrogens with two attached hydrogens (primary N) is 2. The van der Waals surface area contributed by atoms with Gasteiger partial charge in [0, 0.05) is 44.9 Å². The van der Waals surface area contributed by atoms with Gasteiger partial charge >= 0.3 is 34.8 Å². The lowest BCUT2D eigenvalue weighted by Crippen LogP contribution is -2.45. The van der Waals surface area contributed by atoms with Crippen LogP contribution >= 0.6 is 23.5 Å². The topological polar surface area (TPSA) is 507 Å². The lowest BCUT2D eigenvalue weighted by Gasteiger charge is -2.24. The Labute approximate surface area is 413 Å². The van der Waals surface area contributed by atoms with E-state index in [1.54, 1.807) is 0 Å². The van der Waals surface area contributed by atoms with Gasteiger partial charge in [-0.1, -0.05) is 4.98 Å². The molecule has 74 heavy (non-hydrogen) atoms. The fourth-order valence-corrected chi connectivity index (χ4v) is 13.7. The summed E-state index contributed by atoms with van der Waals surface area (Å²) >= 11 is 0. The van der Waals surface area contributed by atoms with Gasteiger partial charge in [0.25, 0.3) is 17.1 Å². The number of rotatable bonds is 21. The highest BCUT2D eigenvalue weighted by molar-refractivity contribution is 7.89. The minimum absolute atomic E-state index is 0.0150. The number of aliphatic hydroxyl groups excluding tert-OH is 3. The Bertz CT molecular complexity index is 3340. The molecule has 36 nitrogen and oxygen atoms in total. The number of H-pyrrole nitrogens is 2. The molecule has 0 saturated carbocycles. The van der Waals surface area contributed by atoms with Crippen LogP contribution in [0.5, 0.6) is 0 Å². The molecule has 3 fully saturated rings. The molecule has 3 saturated heterocycles. The third-order valence-corrected chi connectivity index (χ3v) is 17.7. The van der Waals surface area contributed by atoms with Gasteiger partial charge in [0.2, 0.25) is 21.8 Å². The summed E-state index contributed by atoms with van der Waals surface area (Å²) in [4.78, 5) is 88.7. The van der Waals surface area contributed by atoms with Crippen LogP contribution in [0.15, 0.2) is 45.6 Å². The van der Waals surface area contributed by atoms with Crippen molar-refractivity contribution >= 4 is 67.6 Å². The van der Waals surface area contributed by atoms with Gasteiger partial charge in [0.15, 0.2) is 30.2 Å². The van der Waals surface area contributed by atoms with E-state index in [9.17, 15) is 66.5 Å². The fraction of sp³-hybridized carbons (Fsp3) is 0.588. The molecule has 3 aliphatic heterocycles. The van der Waals surface area contributed by atoms with Crippen LogP contribution in [0.2, 0.25) is 0 Å². The molecule has 5 aromatic rings. The summed E-state index contributed by atoms with van der Waals surface area (Å²) in [5.74, 6) is -3.72. The largest absolute Gasteiger partial charge is 0.490 e. The number of fused-ring (bicyclic) bond motifs is 2.